The second-order valence-electron chi connectivity index (χ2n) is 7.94. The average Bonchev–Trinajstić information content (AvgIpc) is 2.68. The van der Waals surface area contributed by atoms with E-state index in [2.05, 4.69) is 5.32 Å². The first-order valence-electron chi connectivity index (χ1n) is 9.91. The zero-order chi connectivity index (χ0) is 21.4. The van der Waals surface area contributed by atoms with Crippen molar-refractivity contribution in [3.8, 4) is 0 Å². The highest BCUT2D eigenvalue weighted by atomic mass is 35.5. The molecule has 3 heterocycles. The van der Waals surface area contributed by atoms with Crippen molar-refractivity contribution in [1.82, 2.24) is 15.1 Å². The van der Waals surface area contributed by atoms with Crippen LogP contribution in [0.5, 0.6) is 0 Å². The number of hydrogen-bond donors (Lipinski definition) is 1. The van der Waals surface area contributed by atoms with E-state index in [1.165, 1.54) is 35.1 Å². The highest BCUT2D eigenvalue weighted by Crippen LogP contribution is 2.30. The van der Waals surface area contributed by atoms with Gasteiger partial charge in [-0.1, -0.05) is 17.7 Å². The molecule has 3 saturated heterocycles. The molecule has 0 spiro atoms. The molecule has 4 atom stereocenters. The monoisotopic (exact) mass is 443 g/mol. The Morgan fingerprint density at radius 2 is 2.10 bits per heavy atom. The third kappa shape index (κ3) is 4.03. The number of benzene rings is 1. The van der Waals surface area contributed by atoms with Crippen molar-refractivity contribution in [1.29, 1.82) is 0 Å². The van der Waals surface area contributed by atoms with Crippen molar-refractivity contribution in [2.75, 3.05) is 33.4 Å². The van der Waals surface area contributed by atoms with E-state index in [0.717, 1.165) is 0 Å². The van der Waals surface area contributed by atoms with Gasteiger partial charge in [0.15, 0.2) is 0 Å². The second kappa shape index (κ2) is 8.74. The van der Waals surface area contributed by atoms with Gasteiger partial charge in [-0.05, 0) is 17.7 Å². The minimum Gasteiger partial charge on any atom is -0.380 e. The number of piperidine rings is 1. The molecule has 1 aromatic carbocycles. The first-order valence-corrected chi connectivity index (χ1v) is 10.3. The van der Waals surface area contributed by atoms with E-state index in [-0.39, 0.29) is 48.4 Å². The Bertz CT molecular complexity index is 825. The van der Waals surface area contributed by atoms with Crippen LogP contribution in [0.2, 0.25) is 5.02 Å². The molecule has 0 radical (unpaired) electrons. The Kier molecular flexibility index (Phi) is 6.24. The molecule has 10 heteroatoms. The lowest BCUT2D eigenvalue weighted by molar-refractivity contribution is -0.174. The summed E-state index contributed by atoms with van der Waals surface area (Å²) < 4.78 is 38.7. The molecule has 30 heavy (non-hydrogen) atoms. The van der Waals surface area contributed by atoms with Gasteiger partial charge in [0.2, 0.25) is 11.8 Å². The van der Waals surface area contributed by atoms with Crippen LogP contribution in [-0.4, -0.2) is 79.5 Å². The van der Waals surface area contributed by atoms with Gasteiger partial charge in [-0.25, -0.2) is 8.78 Å². The number of nitrogens with zero attached hydrogens (tertiary/aromatic N) is 2. The Labute approximate surface area is 178 Å². The van der Waals surface area contributed by atoms with E-state index in [4.69, 9.17) is 21.1 Å². The van der Waals surface area contributed by atoms with Crippen molar-refractivity contribution in [3.05, 3.63) is 34.6 Å². The molecule has 3 fully saturated rings. The van der Waals surface area contributed by atoms with Gasteiger partial charge in [-0.3, -0.25) is 14.9 Å². The lowest BCUT2D eigenvalue weighted by Gasteiger charge is -2.49. The molecule has 3 aliphatic rings. The predicted molar refractivity (Wildman–Crippen MR) is 104 cm³/mol. The number of ether oxygens (including phenoxy) is 2. The number of nitrogens with one attached hydrogen (secondary N) is 1. The van der Waals surface area contributed by atoms with Crippen molar-refractivity contribution < 1.29 is 27.8 Å². The molecule has 0 saturated carbocycles. The number of carbonyl (C=O) groups excluding carboxylic acids is 2. The standard InChI is InChI=1S/C20H24ClF2N3O4/c1-29-13-5-16(23)19(24-6-13)26-8-17(27)25(18(20(26)28)12-9-30-10-12)7-11-2-3-15(22)14(21)4-11/h2-4,12-13,16,18-19,24H,5-10H2,1H3. The van der Waals surface area contributed by atoms with E-state index in [9.17, 15) is 18.4 Å². The summed E-state index contributed by atoms with van der Waals surface area (Å²) in [7, 11) is 1.52. The van der Waals surface area contributed by atoms with Gasteiger partial charge in [-0.15, -0.1) is 0 Å². The highest BCUT2D eigenvalue weighted by Gasteiger charge is 2.49. The minimum atomic E-state index is -1.35. The second-order valence-corrected chi connectivity index (χ2v) is 8.35. The molecule has 7 nitrogen and oxygen atoms in total. The van der Waals surface area contributed by atoms with Crippen LogP contribution in [0.25, 0.3) is 0 Å². The number of alkyl halides is 1. The van der Waals surface area contributed by atoms with Crippen LogP contribution in [0.4, 0.5) is 8.78 Å². The fourth-order valence-electron chi connectivity index (χ4n) is 4.25. The van der Waals surface area contributed by atoms with Crippen molar-refractivity contribution in [3.63, 3.8) is 0 Å². The maximum atomic E-state index is 14.8. The molecular formula is C20H24ClF2N3O4. The summed E-state index contributed by atoms with van der Waals surface area (Å²) in [6.45, 7) is 0.979. The normalized spacial score (nSPS) is 30.5. The van der Waals surface area contributed by atoms with E-state index < -0.39 is 24.2 Å². The van der Waals surface area contributed by atoms with E-state index in [0.29, 0.717) is 25.3 Å². The maximum Gasteiger partial charge on any atom is 0.247 e. The molecule has 164 valence electrons. The molecule has 0 aliphatic carbocycles. The summed E-state index contributed by atoms with van der Waals surface area (Å²) in [6, 6.07) is 3.44. The first-order chi connectivity index (χ1) is 14.4. The molecule has 0 bridgehead atoms. The van der Waals surface area contributed by atoms with Crippen LogP contribution in [0.1, 0.15) is 12.0 Å². The molecular weight excluding hydrogens is 420 g/mol. The van der Waals surface area contributed by atoms with Gasteiger partial charge >= 0.3 is 0 Å². The number of amides is 2. The molecule has 3 aliphatic heterocycles. The summed E-state index contributed by atoms with van der Waals surface area (Å²) in [5.74, 6) is -1.33. The number of rotatable bonds is 5. The number of methoxy groups -OCH3 is 1. The van der Waals surface area contributed by atoms with Gasteiger partial charge in [0.25, 0.3) is 0 Å². The zero-order valence-electron chi connectivity index (χ0n) is 16.5. The quantitative estimate of drug-likeness (QED) is 0.743. The fourth-order valence-corrected chi connectivity index (χ4v) is 4.45. The van der Waals surface area contributed by atoms with Gasteiger partial charge < -0.3 is 19.3 Å². The van der Waals surface area contributed by atoms with Gasteiger partial charge in [0.1, 0.15) is 30.7 Å². The molecule has 2 amide bonds. The van der Waals surface area contributed by atoms with Crippen molar-refractivity contribution in [2.24, 2.45) is 5.92 Å². The van der Waals surface area contributed by atoms with Gasteiger partial charge in [0.05, 0.1) is 24.3 Å². The number of carbonyl (C=O) groups is 2. The van der Waals surface area contributed by atoms with Crippen LogP contribution in [0, 0.1) is 11.7 Å². The van der Waals surface area contributed by atoms with Crippen molar-refractivity contribution in [2.45, 2.75) is 37.4 Å². The molecule has 0 aromatic heterocycles. The third-order valence-electron chi connectivity index (χ3n) is 6.00. The van der Waals surface area contributed by atoms with Crippen LogP contribution in [-0.2, 0) is 25.6 Å². The van der Waals surface area contributed by atoms with Crippen molar-refractivity contribution >= 4 is 23.4 Å². The molecule has 4 rings (SSSR count). The minimum absolute atomic E-state index is 0.0483. The summed E-state index contributed by atoms with van der Waals surface area (Å²) >= 11 is 5.86. The Balaban J connectivity index is 1.56. The van der Waals surface area contributed by atoms with Gasteiger partial charge in [0, 0.05) is 32.5 Å². The first kappa shape index (κ1) is 21.4. The smallest absolute Gasteiger partial charge is 0.247 e. The predicted octanol–water partition coefficient (Wildman–Crippen LogP) is 1.34. The highest BCUT2D eigenvalue weighted by molar-refractivity contribution is 6.30. The molecule has 1 N–H and O–H groups in total. The summed E-state index contributed by atoms with van der Waals surface area (Å²) in [4.78, 5) is 29.2. The Hall–Kier alpha value is -1.81. The largest absolute Gasteiger partial charge is 0.380 e. The van der Waals surface area contributed by atoms with E-state index >= 15 is 0 Å². The summed E-state index contributed by atoms with van der Waals surface area (Å²) in [5, 5.41) is 2.96. The lowest BCUT2D eigenvalue weighted by atomic mass is 9.91. The zero-order valence-corrected chi connectivity index (χ0v) is 17.3. The van der Waals surface area contributed by atoms with Crippen LogP contribution < -0.4 is 5.32 Å². The average molecular weight is 444 g/mol. The number of halogens is 3. The molecule has 4 unspecified atom stereocenters. The topological polar surface area (TPSA) is 71.1 Å². The van der Waals surface area contributed by atoms with Crippen LogP contribution in [0.15, 0.2) is 18.2 Å². The SMILES string of the molecule is COC1CNC(N2CC(=O)N(Cc3ccc(F)c(Cl)c3)C(C3COC3)C2=O)C(F)C1. The fraction of sp³-hybridized carbons (Fsp3) is 0.600. The summed E-state index contributed by atoms with van der Waals surface area (Å²) in [6.07, 6.45) is -2.34. The van der Waals surface area contributed by atoms with E-state index in [1.807, 2.05) is 0 Å². The third-order valence-corrected chi connectivity index (χ3v) is 6.29. The summed E-state index contributed by atoms with van der Waals surface area (Å²) in [5.41, 5.74) is 0.614. The van der Waals surface area contributed by atoms with Crippen LogP contribution >= 0.6 is 11.6 Å². The Morgan fingerprint density at radius 1 is 1.33 bits per heavy atom. The van der Waals surface area contributed by atoms with Gasteiger partial charge in [-0.2, -0.15) is 0 Å². The molecule has 1 aromatic rings. The Morgan fingerprint density at radius 3 is 2.70 bits per heavy atom. The van der Waals surface area contributed by atoms with Crippen LogP contribution in [0.3, 0.4) is 0 Å². The number of hydrogen-bond acceptors (Lipinski definition) is 5. The maximum absolute atomic E-state index is 14.8. The number of piperazine rings is 1. The lowest BCUT2D eigenvalue weighted by Crippen LogP contribution is -2.70. The van der Waals surface area contributed by atoms with E-state index in [1.54, 1.807) is 0 Å².